The SMILES string of the molecule is CCNCc1cc(Br)ccc1Sc1ccc(C)cc1. The van der Waals surface area contributed by atoms with Crippen molar-refractivity contribution in [2.24, 2.45) is 0 Å². The molecule has 1 nitrogen and oxygen atoms in total. The molecule has 0 fully saturated rings. The van der Waals surface area contributed by atoms with Gasteiger partial charge in [0.15, 0.2) is 0 Å². The van der Waals surface area contributed by atoms with E-state index in [0.717, 1.165) is 17.6 Å². The highest BCUT2D eigenvalue weighted by atomic mass is 79.9. The third-order valence-corrected chi connectivity index (χ3v) is 4.46. The molecule has 19 heavy (non-hydrogen) atoms. The quantitative estimate of drug-likeness (QED) is 0.823. The summed E-state index contributed by atoms with van der Waals surface area (Å²) in [6.07, 6.45) is 0. The molecule has 2 rings (SSSR count). The van der Waals surface area contributed by atoms with E-state index < -0.39 is 0 Å². The van der Waals surface area contributed by atoms with Crippen LogP contribution in [0.4, 0.5) is 0 Å². The van der Waals surface area contributed by atoms with Crippen LogP contribution in [0.2, 0.25) is 0 Å². The molecule has 1 N–H and O–H groups in total. The van der Waals surface area contributed by atoms with Gasteiger partial charge in [0.2, 0.25) is 0 Å². The van der Waals surface area contributed by atoms with Crippen LogP contribution in [0.25, 0.3) is 0 Å². The first-order chi connectivity index (χ1) is 9.19. The van der Waals surface area contributed by atoms with Gasteiger partial charge in [-0.25, -0.2) is 0 Å². The highest BCUT2D eigenvalue weighted by Crippen LogP contribution is 2.32. The molecular formula is C16H18BrNS. The summed E-state index contributed by atoms with van der Waals surface area (Å²) in [4.78, 5) is 2.60. The van der Waals surface area contributed by atoms with E-state index in [9.17, 15) is 0 Å². The molecular weight excluding hydrogens is 318 g/mol. The van der Waals surface area contributed by atoms with Crippen LogP contribution in [0.3, 0.4) is 0 Å². The van der Waals surface area contributed by atoms with E-state index in [1.807, 2.05) is 11.8 Å². The molecule has 0 heterocycles. The van der Waals surface area contributed by atoms with Crippen molar-refractivity contribution in [3.05, 3.63) is 58.1 Å². The second kappa shape index (κ2) is 7.13. The smallest absolute Gasteiger partial charge is 0.0217 e. The number of benzene rings is 2. The Labute approximate surface area is 127 Å². The minimum absolute atomic E-state index is 0.907. The zero-order valence-electron chi connectivity index (χ0n) is 11.2. The van der Waals surface area contributed by atoms with Gasteiger partial charge in [0.05, 0.1) is 0 Å². The summed E-state index contributed by atoms with van der Waals surface area (Å²) in [6.45, 7) is 6.14. The lowest BCUT2D eigenvalue weighted by Gasteiger charge is -2.10. The summed E-state index contributed by atoms with van der Waals surface area (Å²) < 4.78 is 1.13. The van der Waals surface area contributed by atoms with E-state index in [-0.39, 0.29) is 0 Å². The van der Waals surface area contributed by atoms with Gasteiger partial charge in [-0.3, -0.25) is 0 Å². The molecule has 3 heteroatoms. The Morgan fingerprint density at radius 2 is 1.84 bits per heavy atom. The molecule has 0 spiro atoms. The first kappa shape index (κ1) is 14.6. The summed E-state index contributed by atoms with van der Waals surface area (Å²) in [7, 11) is 0. The Balaban J connectivity index is 2.20. The van der Waals surface area contributed by atoms with Gasteiger partial charge < -0.3 is 5.32 Å². The van der Waals surface area contributed by atoms with E-state index >= 15 is 0 Å². The molecule has 0 amide bonds. The Morgan fingerprint density at radius 3 is 2.53 bits per heavy atom. The lowest BCUT2D eigenvalue weighted by Crippen LogP contribution is -2.12. The fourth-order valence-corrected chi connectivity index (χ4v) is 3.11. The zero-order chi connectivity index (χ0) is 13.7. The monoisotopic (exact) mass is 335 g/mol. The number of rotatable bonds is 5. The van der Waals surface area contributed by atoms with E-state index in [1.54, 1.807) is 0 Å². The van der Waals surface area contributed by atoms with E-state index in [2.05, 4.69) is 77.6 Å². The van der Waals surface area contributed by atoms with Crippen molar-refractivity contribution in [1.29, 1.82) is 0 Å². The molecule has 0 aliphatic rings. The Morgan fingerprint density at radius 1 is 1.11 bits per heavy atom. The predicted octanol–water partition coefficient (Wildman–Crippen LogP) is 5.02. The normalized spacial score (nSPS) is 10.7. The third kappa shape index (κ3) is 4.37. The maximum absolute atomic E-state index is 3.55. The summed E-state index contributed by atoms with van der Waals surface area (Å²) >= 11 is 5.37. The van der Waals surface area contributed by atoms with Crippen LogP contribution >= 0.6 is 27.7 Å². The molecule has 0 bridgehead atoms. The van der Waals surface area contributed by atoms with Crippen molar-refractivity contribution < 1.29 is 0 Å². The first-order valence-corrected chi connectivity index (χ1v) is 8.03. The molecule has 0 radical (unpaired) electrons. The fraction of sp³-hybridized carbons (Fsp3) is 0.250. The molecule has 2 aromatic carbocycles. The second-order valence-electron chi connectivity index (χ2n) is 4.45. The average molecular weight is 336 g/mol. The van der Waals surface area contributed by atoms with Crippen LogP contribution in [0.1, 0.15) is 18.1 Å². The van der Waals surface area contributed by atoms with Gasteiger partial charge in [-0.05, 0) is 49.4 Å². The maximum atomic E-state index is 3.55. The van der Waals surface area contributed by atoms with Gasteiger partial charge in [0, 0.05) is 20.8 Å². The molecule has 0 saturated heterocycles. The highest BCUT2D eigenvalue weighted by Gasteiger charge is 2.05. The third-order valence-electron chi connectivity index (χ3n) is 2.84. The van der Waals surface area contributed by atoms with Crippen LogP contribution in [-0.4, -0.2) is 6.54 Å². The first-order valence-electron chi connectivity index (χ1n) is 6.42. The molecule has 2 aromatic rings. The van der Waals surface area contributed by atoms with Crippen molar-refractivity contribution in [3.8, 4) is 0 Å². The highest BCUT2D eigenvalue weighted by molar-refractivity contribution is 9.10. The molecule has 0 aromatic heterocycles. The van der Waals surface area contributed by atoms with Gasteiger partial charge >= 0.3 is 0 Å². The van der Waals surface area contributed by atoms with Crippen molar-refractivity contribution in [3.63, 3.8) is 0 Å². The average Bonchev–Trinajstić information content (AvgIpc) is 2.41. The van der Waals surface area contributed by atoms with Gasteiger partial charge in [-0.2, -0.15) is 0 Å². The number of nitrogens with one attached hydrogen (secondary N) is 1. The van der Waals surface area contributed by atoms with E-state index in [0.29, 0.717) is 0 Å². The number of aryl methyl sites for hydroxylation is 1. The lowest BCUT2D eigenvalue weighted by molar-refractivity contribution is 0.717. The topological polar surface area (TPSA) is 12.0 Å². The van der Waals surface area contributed by atoms with E-state index in [1.165, 1.54) is 20.9 Å². The molecule has 0 atom stereocenters. The predicted molar refractivity (Wildman–Crippen MR) is 86.8 cm³/mol. The van der Waals surface area contributed by atoms with Crippen LogP contribution in [0.15, 0.2) is 56.7 Å². The van der Waals surface area contributed by atoms with Crippen molar-refractivity contribution in [2.75, 3.05) is 6.54 Å². The molecule has 0 aliphatic heterocycles. The molecule has 0 unspecified atom stereocenters. The van der Waals surface area contributed by atoms with Gasteiger partial charge in [0.25, 0.3) is 0 Å². The number of hydrogen-bond donors (Lipinski definition) is 1. The largest absolute Gasteiger partial charge is 0.313 e. The Bertz CT molecular complexity index is 537. The van der Waals surface area contributed by atoms with Crippen LogP contribution in [0.5, 0.6) is 0 Å². The molecule has 100 valence electrons. The lowest BCUT2D eigenvalue weighted by atomic mass is 10.2. The number of hydrogen-bond acceptors (Lipinski definition) is 2. The second-order valence-corrected chi connectivity index (χ2v) is 6.48. The Hall–Kier alpha value is -0.770. The fourth-order valence-electron chi connectivity index (χ4n) is 1.78. The minimum Gasteiger partial charge on any atom is -0.313 e. The van der Waals surface area contributed by atoms with Gasteiger partial charge in [0.1, 0.15) is 0 Å². The standard InChI is InChI=1S/C16H18BrNS/c1-3-18-11-13-10-14(17)6-9-16(13)19-15-7-4-12(2)5-8-15/h4-10,18H,3,11H2,1-2H3. The van der Waals surface area contributed by atoms with Gasteiger partial charge in [-0.1, -0.05) is 52.3 Å². The van der Waals surface area contributed by atoms with Crippen molar-refractivity contribution in [2.45, 2.75) is 30.2 Å². The maximum Gasteiger partial charge on any atom is 0.0217 e. The summed E-state index contributed by atoms with van der Waals surface area (Å²) in [5, 5.41) is 3.39. The van der Waals surface area contributed by atoms with Crippen LogP contribution < -0.4 is 5.32 Å². The summed E-state index contributed by atoms with van der Waals surface area (Å²) in [5.74, 6) is 0. The van der Waals surface area contributed by atoms with Crippen LogP contribution in [-0.2, 0) is 6.54 Å². The van der Waals surface area contributed by atoms with E-state index in [4.69, 9.17) is 0 Å². The van der Waals surface area contributed by atoms with Crippen molar-refractivity contribution in [1.82, 2.24) is 5.32 Å². The molecule has 0 aliphatic carbocycles. The zero-order valence-corrected chi connectivity index (χ0v) is 13.6. The summed E-state index contributed by atoms with van der Waals surface area (Å²) in [5.41, 5.74) is 2.63. The minimum atomic E-state index is 0.907. The van der Waals surface area contributed by atoms with Crippen LogP contribution in [0, 0.1) is 6.92 Å². The van der Waals surface area contributed by atoms with Gasteiger partial charge in [-0.15, -0.1) is 0 Å². The molecule has 0 saturated carbocycles. The van der Waals surface area contributed by atoms with Crippen molar-refractivity contribution >= 4 is 27.7 Å². The Kier molecular flexibility index (Phi) is 5.49. The number of halogens is 1. The summed E-state index contributed by atoms with van der Waals surface area (Å²) in [6, 6.07) is 15.2.